The number of carbonyl (C=O) groups excluding carboxylic acids is 1. The van der Waals surface area contributed by atoms with E-state index in [1.165, 1.54) is 27.5 Å². The lowest BCUT2D eigenvalue weighted by atomic mass is 9.90. The van der Waals surface area contributed by atoms with E-state index in [9.17, 15) is 4.79 Å². The lowest BCUT2D eigenvalue weighted by molar-refractivity contribution is 0.112. The minimum atomic E-state index is 0.741. The van der Waals surface area contributed by atoms with Gasteiger partial charge < -0.3 is 0 Å². The summed E-state index contributed by atoms with van der Waals surface area (Å²) in [6, 6.07) is 27.2. The first-order valence-electron chi connectivity index (χ1n) is 8.08. The van der Waals surface area contributed by atoms with E-state index < -0.39 is 0 Å². The Balaban J connectivity index is 2.10. The van der Waals surface area contributed by atoms with Gasteiger partial charge in [-0.2, -0.15) is 0 Å². The minimum absolute atomic E-state index is 0.741. The summed E-state index contributed by atoms with van der Waals surface area (Å²) in [5, 5.41) is 2.48. The molecular formula is C23H14O. The van der Waals surface area contributed by atoms with Crippen LogP contribution >= 0.6 is 0 Å². The molecule has 5 rings (SSSR count). The third-order valence-corrected chi connectivity index (χ3v) is 4.91. The Morgan fingerprint density at radius 2 is 1.12 bits per heavy atom. The molecule has 112 valence electrons. The highest BCUT2D eigenvalue weighted by Gasteiger charge is 2.22. The second-order valence-electron chi connectivity index (χ2n) is 6.14. The van der Waals surface area contributed by atoms with Crippen LogP contribution in [0.3, 0.4) is 0 Å². The van der Waals surface area contributed by atoms with Crippen LogP contribution in [-0.2, 0) is 0 Å². The highest BCUT2D eigenvalue weighted by atomic mass is 16.1. The smallest absolute Gasteiger partial charge is 0.150 e. The van der Waals surface area contributed by atoms with E-state index in [4.69, 9.17) is 0 Å². The summed E-state index contributed by atoms with van der Waals surface area (Å²) in [6.45, 7) is 0. The van der Waals surface area contributed by atoms with Crippen LogP contribution in [0.4, 0.5) is 0 Å². The topological polar surface area (TPSA) is 17.1 Å². The lowest BCUT2D eigenvalue weighted by Gasteiger charge is -2.12. The van der Waals surface area contributed by atoms with Crippen molar-refractivity contribution in [3.63, 3.8) is 0 Å². The average molecular weight is 306 g/mol. The average Bonchev–Trinajstić information content (AvgIpc) is 2.78. The Morgan fingerprint density at radius 1 is 0.542 bits per heavy atom. The molecule has 0 bridgehead atoms. The van der Waals surface area contributed by atoms with Crippen LogP contribution in [0.25, 0.3) is 44.2 Å². The van der Waals surface area contributed by atoms with Crippen molar-refractivity contribution < 1.29 is 4.79 Å². The van der Waals surface area contributed by atoms with Gasteiger partial charge in [0.1, 0.15) is 0 Å². The van der Waals surface area contributed by atoms with Crippen LogP contribution in [0.1, 0.15) is 10.4 Å². The zero-order valence-corrected chi connectivity index (χ0v) is 13.0. The highest BCUT2D eigenvalue weighted by Crippen LogP contribution is 2.48. The molecule has 0 amide bonds. The number of hydrogen-bond acceptors (Lipinski definition) is 1. The zero-order valence-electron chi connectivity index (χ0n) is 13.0. The highest BCUT2D eigenvalue weighted by molar-refractivity contribution is 6.15. The largest absolute Gasteiger partial charge is 0.298 e. The standard InChI is InChI=1S/C23H14O/c24-14-16-8-5-13-21-20-12-4-7-15-6-3-11-19(22(15)20)17-9-1-2-10-18(17)23(16)21/h1-14H. The fourth-order valence-corrected chi connectivity index (χ4v) is 3.92. The maximum absolute atomic E-state index is 11.7. The summed E-state index contributed by atoms with van der Waals surface area (Å²) < 4.78 is 0. The molecule has 1 heteroatoms. The molecule has 4 aromatic carbocycles. The number of carbonyl (C=O) groups is 1. The molecule has 1 nitrogen and oxygen atoms in total. The molecule has 0 N–H and O–H groups in total. The Labute approximate surface area is 140 Å². The maximum atomic E-state index is 11.7. The monoisotopic (exact) mass is 306 g/mol. The van der Waals surface area contributed by atoms with Crippen molar-refractivity contribution >= 4 is 17.1 Å². The molecule has 0 spiro atoms. The van der Waals surface area contributed by atoms with Gasteiger partial charge in [0.2, 0.25) is 0 Å². The van der Waals surface area contributed by atoms with Crippen molar-refractivity contribution in [1.82, 2.24) is 0 Å². The lowest BCUT2D eigenvalue weighted by Crippen LogP contribution is -1.91. The van der Waals surface area contributed by atoms with E-state index in [-0.39, 0.29) is 0 Å². The molecule has 0 radical (unpaired) electrons. The Hall–Kier alpha value is -3.19. The van der Waals surface area contributed by atoms with Gasteiger partial charge in [-0.05, 0) is 38.6 Å². The summed E-state index contributed by atoms with van der Waals surface area (Å²) in [5.74, 6) is 0. The molecule has 0 unspecified atom stereocenters. The van der Waals surface area contributed by atoms with Crippen molar-refractivity contribution in [3.05, 3.63) is 84.4 Å². The first-order valence-corrected chi connectivity index (χ1v) is 8.08. The number of hydrogen-bond donors (Lipinski definition) is 0. The van der Waals surface area contributed by atoms with Gasteiger partial charge in [0.15, 0.2) is 6.29 Å². The molecule has 0 aromatic heterocycles. The van der Waals surface area contributed by atoms with Gasteiger partial charge in [0.25, 0.3) is 0 Å². The fourth-order valence-electron chi connectivity index (χ4n) is 3.92. The first-order chi connectivity index (χ1) is 11.9. The van der Waals surface area contributed by atoms with E-state index >= 15 is 0 Å². The van der Waals surface area contributed by atoms with Gasteiger partial charge in [-0.25, -0.2) is 0 Å². The summed E-state index contributed by atoms with van der Waals surface area (Å²) in [7, 11) is 0. The van der Waals surface area contributed by atoms with E-state index in [1.807, 2.05) is 18.2 Å². The molecular weight excluding hydrogens is 292 g/mol. The van der Waals surface area contributed by atoms with E-state index in [2.05, 4.69) is 60.7 Å². The summed E-state index contributed by atoms with van der Waals surface area (Å²) in [6.07, 6.45) is 0.964. The van der Waals surface area contributed by atoms with Crippen molar-refractivity contribution in [2.75, 3.05) is 0 Å². The Kier molecular flexibility index (Phi) is 2.71. The molecule has 0 heterocycles. The minimum Gasteiger partial charge on any atom is -0.298 e. The second-order valence-corrected chi connectivity index (χ2v) is 6.14. The Bertz CT molecular complexity index is 1120. The first kappa shape index (κ1) is 13.3. The fraction of sp³-hybridized carbons (Fsp3) is 0. The van der Waals surface area contributed by atoms with Gasteiger partial charge in [-0.3, -0.25) is 4.79 Å². The molecule has 0 fully saturated rings. The normalized spacial score (nSPS) is 11.5. The summed E-state index contributed by atoms with van der Waals surface area (Å²) in [4.78, 5) is 11.7. The van der Waals surface area contributed by atoms with E-state index in [1.54, 1.807) is 0 Å². The number of rotatable bonds is 1. The second kappa shape index (κ2) is 4.90. The van der Waals surface area contributed by atoms with Gasteiger partial charge in [0, 0.05) is 11.1 Å². The van der Waals surface area contributed by atoms with Crippen LogP contribution in [0.15, 0.2) is 78.9 Å². The van der Waals surface area contributed by atoms with E-state index in [0.717, 1.165) is 28.5 Å². The van der Waals surface area contributed by atoms with Crippen molar-refractivity contribution in [3.8, 4) is 33.4 Å². The predicted molar refractivity (Wildman–Crippen MR) is 99.2 cm³/mol. The summed E-state index contributed by atoms with van der Waals surface area (Å²) >= 11 is 0. The molecule has 0 aliphatic heterocycles. The molecule has 0 atom stereocenters. The molecule has 0 saturated carbocycles. The van der Waals surface area contributed by atoms with Crippen LogP contribution in [0.5, 0.6) is 0 Å². The van der Waals surface area contributed by atoms with Gasteiger partial charge in [-0.1, -0.05) is 78.9 Å². The van der Waals surface area contributed by atoms with Crippen molar-refractivity contribution in [2.24, 2.45) is 0 Å². The van der Waals surface area contributed by atoms with Gasteiger partial charge >= 0.3 is 0 Å². The van der Waals surface area contributed by atoms with Crippen LogP contribution < -0.4 is 0 Å². The van der Waals surface area contributed by atoms with Crippen molar-refractivity contribution in [2.45, 2.75) is 0 Å². The molecule has 1 aliphatic carbocycles. The number of aldehydes is 1. The Morgan fingerprint density at radius 3 is 1.88 bits per heavy atom. The van der Waals surface area contributed by atoms with Gasteiger partial charge in [0.05, 0.1) is 0 Å². The third kappa shape index (κ3) is 1.67. The molecule has 0 saturated heterocycles. The van der Waals surface area contributed by atoms with Crippen LogP contribution in [0.2, 0.25) is 0 Å². The molecule has 24 heavy (non-hydrogen) atoms. The van der Waals surface area contributed by atoms with E-state index in [0.29, 0.717) is 0 Å². The van der Waals surface area contributed by atoms with Gasteiger partial charge in [-0.15, -0.1) is 0 Å². The maximum Gasteiger partial charge on any atom is 0.150 e. The van der Waals surface area contributed by atoms with Crippen LogP contribution in [0, 0.1) is 0 Å². The quantitative estimate of drug-likeness (QED) is 0.349. The molecule has 1 aliphatic rings. The summed E-state index contributed by atoms with van der Waals surface area (Å²) in [5.41, 5.74) is 7.63. The zero-order chi connectivity index (χ0) is 16.1. The number of benzene rings is 4. The number of fused-ring (bicyclic) bond motifs is 5. The van der Waals surface area contributed by atoms with Crippen molar-refractivity contribution in [1.29, 1.82) is 0 Å². The van der Waals surface area contributed by atoms with Crippen LogP contribution in [-0.4, -0.2) is 6.29 Å². The SMILES string of the molecule is O=Cc1cccc2c1-c1ccccc1-c1cccc3cccc-2c13. The molecule has 4 aromatic rings. The third-order valence-electron chi connectivity index (χ3n) is 4.91. The predicted octanol–water partition coefficient (Wildman–Crippen LogP) is 5.97.